The average Bonchev–Trinajstić information content (AvgIpc) is 3.83. The van der Waals surface area contributed by atoms with Crippen LogP contribution in [0, 0.1) is 13.8 Å². The number of amides is 2. The average molecular weight is 905 g/mol. The van der Waals surface area contributed by atoms with Gasteiger partial charge in [0.15, 0.2) is 0 Å². The Morgan fingerprint density at radius 3 is 2.22 bits per heavy atom. The highest BCUT2D eigenvalue weighted by atomic mass is 19.1. The van der Waals surface area contributed by atoms with Crippen LogP contribution in [0.3, 0.4) is 0 Å². The highest BCUT2D eigenvalue weighted by Crippen LogP contribution is 2.36. The molecule has 8 rings (SSSR count). The number of carbonyl (C=O) groups excluding carboxylic acids is 2. The lowest BCUT2D eigenvalue weighted by molar-refractivity contribution is 0.0658. The summed E-state index contributed by atoms with van der Waals surface area (Å²) in [5, 5.41) is 12.8. The van der Waals surface area contributed by atoms with Crippen LogP contribution in [0.5, 0.6) is 11.5 Å². The molecular formula is C56H65FN6O4. The van der Waals surface area contributed by atoms with Crippen LogP contribution in [-0.2, 0) is 46.4 Å². The molecule has 1 atom stereocenters. The number of aromatic hydroxyl groups is 1. The molecule has 4 heterocycles. The fourth-order valence-corrected chi connectivity index (χ4v) is 9.05. The molecule has 6 aromatic rings. The number of ether oxygens (including phenoxy) is 1. The number of hydrogen-bond acceptors (Lipinski definition) is 6. The van der Waals surface area contributed by atoms with E-state index in [1.165, 1.54) is 22.5 Å². The molecule has 2 aliphatic heterocycles. The van der Waals surface area contributed by atoms with Gasteiger partial charge in [-0.1, -0.05) is 49.6 Å². The van der Waals surface area contributed by atoms with E-state index in [-0.39, 0.29) is 23.6 Å². The normalized spacial score (nSPS) is 14.1. The summed E-state index contributed by atoms with van der Waals surface area (Å²) in [6.45, 7) is 19.5. The van der Waals surface area contributed by atoms with Crippen molar-refractivity contribution in [3.63, 3.8) is 0 Å². The fraction of sp³-hybridized carbons (Fsp3) is 0.321. The van der Waals surface area contributed by atoms with Gasteiger partial charge in [0.2, 0.25) is 0 Å². The van der Waals surface area contributed by atoms with Gasteiger partial charge in [0.1, 0.15) is 24.8 Å². The number of phenols is 1. The van der Waals surface area contributed by atoms with E-state index in [1.54, 1.807) is 36.2 Å². The molecule has 1 unspecified atom stereocenters. The van der Waals surface area contributed by atoms with Gasteiger partial charge in [-0.2, -0.15) is 0 Å². The predicted octanol–water partition coefficient (Wildman–Crippen LogP) is 9.99. The van der Waals surface area contributed by atoms with Crippen LogP contribution in [-0.4, -0.2) is 81.9 Å². The topological polar surface area (TPSA) is 95.2 Å². The summed E-state index contributed by atoms with van der Waals surface area (Å²) in [5.41, 5.74) is 14.7. The van der Waals surface area contributed by atoms with E-state index in [4.69, 9.17) is 4.74 Å². The molecule has 0 spiro atoms. The number of benzene rings is 4. The first kappa shape index (κ1) is 48.1. The number of phenolic OH excluding ortho intramolecular Hbond substituents is 1. The molecule has 4 aromatic carbocycles. The second-order valence-corrected chi connectivity index (χ2v) is 17.9. The maximum absolute atomic E-state index is 14.9. The number of hydrogen-bond donors (Lipinski definition) is 2. The molecule has 0 fully saturated rings. The number of allylic oxidation sites excluding steroid dienone is 2. The maximum Gasteiger partial charge on any atom is 0.259 e. The van der Waals surface area contributed by atoms with E-state index in [0.29, 0.717) is 56.0 Å². The van der Waals surface area contributed by atoms with Gasteiger partial charge < -0.3 is 39.0 Å². The highest BCUT2D eigenvalue weighted by molar-refractivity contribution is 6.08. The molecule has 2 aliphatic rings. The molecule has 11 heteroatoms. The molecule has 2 amide bonds. The maximum atomic E-state index is 14.9. The minimum atomic E-state index is -0.394. The van der Waals surface area contributed by atoms with Crippen molar-refractivity contribution < 1.29 is 23.8 Å². The van der Waals surface area contributed by atoms with Crippen LogP contribution in [0.4, 0.5) is 10.1 Å². The summed E-state index contributed by atoms with van der Waals surface area (Å²) in [5.74, 6) is 0.701. The number of anilines is 1. The number of nitrogens with one attached hydrogen (secondary N) is 1. The fourth-order valence-electron chi connectivity index (χ4n) is 9.05. The zero-order valence-electron chi connectivity index (χ0n) is 40.2. The Balaban J connectivity index is 0.000000591. The number of alkyl halides is 1. The van der Waals surface area contributed by atoms with E-state index >= 15 is 0 Å². The predicted molar refractivity (Wildman–Crippen MR) is 269 cm³/mol. The highest BCUT2D eigenvalue weighted by Gasteiger charge is 2.32. The van der Waals surface area contributed by atoms with E-state index in [2.05, 4.69) is 103 Å². The molecule has 350 valence electrons. The summed E-state index contributed by atoms with van der Waals surface area (Å²) >= 11 is 0. The Morgan fingerprint density at radius 2 is 1.57 bits per heavy atom. The van der Waals surface area contributed by atoms with Crippen molar-refractivity contribution in [1.82, 2.24) is 24.3 Å². The summed E-state index contributed by atoms with van der Waals surface area (Å²) in [4.78, 5) is 34.8. The van der Waals surface area contributed by atoms with E-state index in [1.807, 2.05) is 54.6 Å². The monoisotopic (exact) mass is 905 g/mol. The second-order valence-electron chi connectivity index (χ2n) is 17.9. The number of rotatable bonds is 14. The van der Waals surface area contributed by atoms with Crippen LogP contribution >= 0.6 is 0 Å². The lowest BCUT2D eigenvalue weighted by Gasteiger charge is -2.36. The van der Waals surface area contributed by atoms with Crippen molar-refractivity contribution in [2.75, 3.05) is 44.9 Å². The number of aromatic nitrogens is 2. The number of fused-ring (bicyclic) bond motifs is 2. The number of halogens is 1. The summed E-state index contributed by atoms with van der Waals surface area (Å²) in [7, 11) is 5.73. The third-order valence-corrected chi connectivity index (χ3v) is 13.3. The Hall–Kier alpha value is -6.85. The molecule has 10 nitrogen and oxygen atoms in total. The molecule has 2 aromatic heterocycles. The van der Waals surface area contributed by atoms with Crippen molar-refractivity contribution >= 4 is 23.1 Å². The van der Waals surface area contributed by atoms with E-state index < -0.39 is 6.67 Å². The number of nitrogens with zero attached hydrogens (tertiary/aromatic N) is 5. The first-order valence-electron chi connectivity index (χ1n) is 23.1. The molecule has 0 bridgehead atoms. The minimum Gasteiger partial charge on any atom is -0.508 e. The summed E-state index contributed by atoms with van der Waals surface area (Å²) in [6.07, 6.45) is 2.25. The van der Waals surface area contributed by atoms with Crippen molar-refractivity contribution in [1.29, 1.82) is 0 Å². The number of carbonyl (C=O) groups is 2. The smallest absolute Gasteiger partial charge is 0.259 e. The molecule has 2 N–H and O–H groups in total. The van der Waals surface area contributed by atoms with Crippen molar-refractivity contribution in [2.24, 2.45) is 14.1 Å². The SMILES string of the molecule is C=C(C)c1ccc(C)n1C.C=C(Cc1ccc(OCCNCCF)cc1)N1CCc2cc(-c3cc(C(=O)N(C)c4ccc(O)cc4)c(C)n3C)c(C(=O)N3Cc4ccccc4CC3C)cc2C1. The number of aryl methyl sites for hydroxylation is 1. The van der Waals surface area contributed by atoms with Crippen molar-refractivity contribution in [3.05, 3.63) is 178 Å². The van der Waals surface area contributed by atoms with E-state index in [0.717, 1.165) is 70.0 Å². The van der Waals surface area contributed by atoms with E-state index in [9.17, 15) is 19.1 Å². The van der Waals surface area contributed by atoms with Crippen LogP contribution in [0.25, 0.3) is 16.8 Å². The Bertz CT molecular complexity index is 2750. The molecular weight excluding hydrogens is 840 g/mol. The van der Waals surface area contributed by atoms with Crippen molar-refractivity contribution in [2.45, 2.75) is 66.1 Å². The summed E-state index contributed by atoms with van der Waals surface area (Å²) in [6, 6.07) is 33.3. The summed E-state index contributed by atoms with van der Waals surface area (Å²) < 4.78 is 22.3. The largest absolute Gasteiger partial charge is 0.508 e. The zero-order valence-corrected chi connectivity index (χ0v) is 40.2. The van der Waals surface area contributed by atoms with Gasteiger partial charge in [0.25, 0.3) is 11.8 Å². The Morgan fingerprint density at radius 1 is 0.851 bits per heavy atom. The quantitative estimate of drug-likeness (QED) is 0.106. The standard InChI is InChI=1S/C47H52FN5O4.C9H13N/c1-31(24-34-10-16-41(17-11-34)57-23-21-49-20-19-48)52-22-18-36-26-43(45-28-42(33(3)50(45)4)46(55)51(5)39-12-14-40(54)15-13-39)44(27-38(36)29-52)47(56)53-30-37-9-7-6-8-35(37)25-32(53)2;1-7(2)9-6-5-8(3)10(9)4/h6-17,26-28,32,49,54H,1,18-25,29-30H2,2-5H3;5-6H,1H2,2-4H3. The lowest BCUT2D eigenvalue weighted by atomic mass is 9.89. The molecule has 67 heavy (non-hydrogen) atoms. The van der Waals surface area contributed by atoms with Crippen molar-refractivity contribution in [3.8, 4) is 22.8 Å². The van der Waals surface area contributed by atoms with Gasteiger partial charge in [-0.05, 0) is 141 Å². The third-order valence-electron chi connectivity index (χ3n) is 13.3. The van der Waals surface area contributed by atoms with Crippen LogP contribution in [0.2, 0.25) is 0 Å². The van der Waals surface area contributed by atoms with Gasteiger partial charge in [-0.3, -0.25) is 9.59 Å². The molecule has 0 radical (unpaired) electrons. The zero-order chi connectivity index (χ0) is 47.9. The van der Waals surface area contributed by atoms with Crippen LogP contribution in [0.1, 0.15) is 79.5 Å². The molecule has 0 aliphatic carbocycles. The van der Waals surface area contributed by atoms with Gasteiger partial charge in [0, 0.05) is 112 Å². The van der Waals surface area contributed by atoms with Gasteiger partial charge in [-0.25, -0.2) is 4.39 Å². The Labute approximate surface area is 395 Å². The Kier molecular flexibility index (Phi) is 15.2. The first-order valence-corrected chi connectivity index (χ1v) is 23.1. The van der Waals surface area contributed by atoms with Gasteiger partial charge >= 0.3 is 0 Å². The molecule has 0 saturated heterocycles. The third kappa shape index (κ3) is 10.9. The lowest BCUT2D eigenvalue weighted by Crippen LogP contribution is -2.43. The van der Waals surface area contributed by atoms with Gasteiger partial charge in [0.05, 0.1) is 5.56 Å². The molecule has 0 saturated carbocycles. The minimum absolute atomic E-state index is 0.00798. The second kappa shape index (κ2) is 21.2. The van der Waals surface area contributed by atoms with Crippen LogP contribution in [0.15, 0.2) is 122 Å². The van der Waals surface area contributed by atoms with Gasteiger partial charge in [-0.15, -0.1) is 0 Å². The van der Waals surface area contributed by atoms with Crippen LogP contribution < -0.4 is 15.0 Å². The first-order chi connectivity index (χ1) is 32.1.